The highest BCUT2D eigenvalue weighted by molar-refractivity contribution is 5.82. The quantitative estimate of drug-likeness (QED) is 0.662. The van der Waals surface area contributed by atoms with E-state index in [0.29, 0.717) is 19.4 Å². The summed E-state index contributed by atoms with van der Waals surface area (Å²) in [6, 6.07) is 0. The summed E-state index contributed by atoms with van der Waals surface area (Å²) < 4.78 is 11.2. The summed E-state index contributed by atoms with van der Waals surface area (Å²) in [5, 5.41) is 8.44. The Hall–Kier alpha value is -1.63. The number of hydrogen-bond acceptors (Lipinski definition) is 6. The Morgan fingerprint density at radius 1 is 1.21 bits per heavy atom. The maximum Gasteiger partial charge on any atom is 0.314 e. The van der Waals surface area contributed by atoms with Gasteiger partial charge in [-0.3, -0.25) is 14.4 Å². The molecule has 0 aromatic rings. The zero-order valence-corrected chi connectivity index (χ0v) is 17.9. The second-order valence-corrected chi connectivity index (χ2v) is 9.69. The van der Waals surface area contributed by atoms with Gasteiger partial charge in [-0.2, -0.15) is 0 Å². The van der Waals surface area contributed by atoms with Crippen molar-refractivity contribution in [1.82, 2.24) is 0 Å². The number of esters is 2. The van der Waals surface area contributed by atoms with E-state index in [2.05, 4.69) is 0 Å². The van der Waals surface area contributed by atoms with Crippen LogP contribution in [-0.4, -0.2) is 41.8 Å². The first-order chi connectivity index (χ1) is 12.9. The largest absolute Gasteiger partial charge is 0.481 e. The monoisotopic (exact) mass is 397 g/mol. The fourth-order valence-electron chi connectivity index (χ4n) is 4.14. The van der Waals surface area contributed by atoms with E-state index in [0.717, 1.165) is 12.8 Å². The first kappa shape index (κ1) is 22.7. The first-order valence-electron chi connectivity index (χ1n) is 10.2. The van der Waals surface area contributed by atoms with E-state index in [1.54, 1.807) is 13.8 Å². The minimum Gasteiger partial charge on any atom is -0.481 e. The van der Waals surface area contributed by atoms with Crippen LogP contribution in [0.25, 0.3) is 0 Å². The molecule has 0 spiro atoms. The molecule has 1 saturated heterocycles. The molecular formula is C21H35NO6. The number of carboxylic acid groups (broad SMARTS) is 1. The molecule has 2 saturated carbocycles. The normalized spacial score (nSPS) is 33.2. The van der Waals surface area contributed by atoms with Crippen LogP contribution in [0, 0.1) is 28.1 Å². The summed E-state index contributed by atoms with van der Waals surface area (Å²) in [5.41, 5.74) is 4.28. The predicted molar refractivity (Wildman–Crippen MR) is 103 cm³/mol. The summed E-state index contributed by atoms with van der Waals surface area (Å²) >= 11 is 0. The zero-order chi connectivity index (χ0) is 21.5. The molecule has 5 atom stereocenters. The smallest absolute Gasteiger partial charge is 0.314 e. The molecule has 2 bridgehead atoms. The number of carbonyl (C=O) groups excluding carboxylic acids is 2. The average Bonchev–Trinajstić information content (AvgIpc) is 3.24. The van der Waals surface area contributed by atoms with Crippen molar-refractivity contribution in [3.05, 3.63) is 0 Å². The molecule has 0 aromatic heterocycles. The van der Waals surface area contributed by atoms with Crippen molar-refractivity contribution < 1.29 is 29.0 Å². The Balaban J connectivity index is 0.000000300. The minimum atomic E-state index is -0.722. The molecule has 1 aliphatic heterocycles. The molecule has 5 unspecified atom stereocenters. The highest BCUT2D eigenvalue weighted by atomic mass is 16.6. The molecule has 0 amide bonds. The number of aliphatic carboxylic acids is 1. The van der Waals surface area contributed by atoms with Crippen LogP contribution < -0.4 is 5.73 Å². The lowest BCUT2D eigenvalue weighted by atomic mass is 9.73. The van der Waals surface area contributed by atoms with Crippen LogP contribution in [0.3, 0.4) is 0 Å². The topological polar surface area (TPSA) is 116 Å². The van der Waals surface area contributed by atoms with E-state index < -0.39 is 22.2 Å². The van der Waals surface area contributed by atoms with Crippen molar-refractivity contribution in [1.29, 1.82) is 0 Å². The first-order valence-corrected chi connectivity index (χ1v) is 10.2. The molecule has 28 heavy (non-hydrogen) atoms. The van der Waals surface area contributed by atoms with Gasteiger partial charge in [0.25, 0.3) is 0 Å². The van der Waals surface area contributed by atoms with Crippen LogP contribution in [0.4, 0.5) is 0 Å². The summed E-state index contributed by atoms with van der Waals surface area (Å²) in [6.45, 7) is 11.4. The number of nitrogens with two attached hydrogens (primary N) is 1. The molecule has 7 heteroatoms. The number of hydrogen-bond donors (Lipinski definition) is 2. The number of ether oxygens (including phenoxy) is 2. The Morgan fingerprint density at radius 3 is 2.21 bits per heavy atom. The zero-order valence-electron chi connectivity index (χ0n) is 17.9. The Labute approximate surface area is 167 Å². The summed E-state index contributed by atoms with van der Waals surface area (Å²) in [7, 11) is 0. The standard InChI is InChI=1S/C15H23NO4.C6H12O2/c1-4-14(2,3)12(17)19-10-8-5-9-11(10)20-13(18)15(9,6-8)7-16;1-4-6(2,3)5(7)8/h8-11H,4-7,16H2,1-3H3;4H2,1-3H3,(H,7,8). The number of fused-ring (bicyclic) bond motifs is 1. The van der Waals surface area contributed by atoms with Crippen LogP contribution in [0.1, 0.15) is 67.2 Å². The van der Waals surface area contributed by atoms with Crippen LogP contribution >= 0.6 is 0 Å². The van der Waals surface area contributed by atoms with E-state index in [1.165, 1.54) is 0 Å². The fourth-order valence-corrected chi connectivity index (χ4v) is 4.14. The van der Waals surface area contributed by atoms with E-state index in [9.17, 15) is 14.4 Å². The second-order valence-electron chi connectivity index (χ2n) is 9.69. The third-order valence-corrected chi connectivity index (χ3v) is 7.23. The van der Waals surface area contributed by atoms with Crippen molar-refractivity contribution in [2.75, 3.05) is 6.54 Å². The SMILES string of the molecule is CCC(C)(C)C(=O)O.CCC(C)(C)C(=O)OC1C2CC3C1OC(=O)C3(CN)C2. The Kier molecular flexibility index (Phi) is 6.19. The van der Waals surface area contributed by atoms with Gasteiger partial charge in [0, 0.05) is 18.4 Å². The fraction of sp³-hybridized carbons (Fsp3) is 0.857. The lowest BCUT2D eigenvalue weighted by Crippen LogP contribution is -2.45. The van der Waals surface area contributed by atoms with Gasteiger partial charge in [0.2, 0.25) is 0 Å². The minimum absolute atomic E-state index is 0.132. The van der Waals surface area contributed by atoms with Crippen molar-refractivity contribution >= 4 is 17.9 Å². The van der Waals surface area contributed by atoms with Gasteiger partial charge in [-0.1, -0.05) is 13.8 Å². The number of carbonyl (C=O) groups is 3. The molecule has 1 heterocycles. The predicted octanol–water partition coefficient (Wildman–Crippen LogP) is 2.75. The average molecular weight is 398 g/mol. The lowest BCUT2D eigenvalue weighted by Gasteiger charge is -2.32. The van der Waals surface area contributed by atoms with Crippen LogP contribution in [0.5, 0.6) is 0 Å². The van der Waals surface area contributed by atoms with Gasteiger partial charge in [-0.05, 0) is 53.4 Å². The second kappa shape index (κ2) is 7.65. The number of rotatable bonds is 6. The lowest BCUT2D eigenvalue weighted by molar-refractivity contribution is -0.170. The molecule has 3 aliphatic rings. The van der Waals surface area contributed by atoms with E-state index in [1.807, 2.05) is 27.7 Å². The molecule has 160 valence electrons. The summed E-state index contributed by atoms with van der Waals surface area (Å²) in [6.07, 6.45) is 2.45. The number of carboxylic acids is 1. The molecule has 3 N–H and O–H groups in total. The third kappa shape index (κ3) is 3.65. The van der Waals surface area contributed by atoms with Crippen molar-refractivity contribution in [2.45, 2.75) is 79.4 Å². The molecular weight excluding hydrogens is 362 g/mol. The maximum atomic E-state index is 12.2. The van der Waals surface area contributed by atoms with Crippen LogP contribution in [0.15, 0.2) is 0 Å². The van der Waals surface area contributed by atoms with Crippen molar-refractivity contribution in [2.24, 2.45) is 33.8 Å². The maximum absolute atomic E-state index is 12.2. The van der Waals surface area contributed by atoms with Gasteiger partial charge in [-0.15, -0.1) is 0 Å². The van der Waals surface area contributed by atoms with Gasteiger partial charge in [0.15, 0.2) is 0 Å². The van der Waals surface area contributed by atoms with Gasteiger partial charge >= 0.3 is 17.9 Å². The molecule has 7 nitrogen and oxygen atoms in total. The van der Waals surface area contributed by atoms with Crippen molar-refractivity contribution in [3.63, 3.8) is 0 Å². The molecule has 0 aromatic carbocycles. The van der Waals surface area contributed by atoms with Crippen molar-refractivity contribution in [3.8, 4) is 0 Å². The summed E-state index contributed by atoms with van der Waals surface area (Å²) in [4.78, 5) is 34.6. The summed E-state index contributed by atoms with van der Waals surface area (Å²) in [5.74, 6) is -0.756. The van der Waals surface area contributed by atoms with Crippen LogP contribution in [0.2, 0.25) is 0 Å². The Bertz CT molecular complexity index is 643. The van der Waals surface area contributed by atoms with Gasteiger partial charge in [0.1, 0.15) is 12.2 Å². The van der Waals surface area contributed by atoms with E-state index >= 15 is 0 Å². The van der Waals surface area contributed by atoms with Gasteiger partial charge in [-0.25, -0.2) is 0 Å². The molecule has 3 rings (SSSR count). The molecule has 0 radical (unpaired) electrons. The highest BCUT2D eigenvalue weighted by Gasteiger charge is 2.71. The molecule has 3 fully saturated rings. The van der Waals surface area contributed by atoms with Gasteiger partial charge in [0.05, 0.1) is 16.2 Å². The molecule has 2 aliphatic carbocycles. The Morgan fingerprint density at radius 2 is 1.79 bits per heavy atom. The van der Waals surface area contributed by atoms with E-state index in [4.69, 9.17) is 20.3 Å². The van der Waals surface area contributed by atoms with Gasteiger partial charge < -0.3 is 20.3 Å². The highest BCUT2D eigenvalue weighted by Crippen LogP contribution is 2.62. The third-order valence-electron chi connectivity index (χ3n) is 7.23. The van der Waals surface area contributed by atoms with E-state index in [-0.39, 0.29) is 36.0 Å². The van der Waals surface area contributed by atoms with Crippen LogP contribution in [-0.2, 0) is 23.9 Å².